The summed E-state index contributed by atoms with van der Waals surface area (Å²) in [5.74, 6) is 0. The van der Waals surface area contributed by atoms with Crippen molar-refractivity contribution in [3.05, 3.63) is 16.6 Å². The van der Waals surface area contributed by atoms with Gasteiger partial charge in [0.25, 0.3) is 0 Å². The average Bonchev–Trinajstić information content (AvgIpc) is 2.54. The van der Waals surface area contributed by atoms with Gasteiger partial charge < -0.3 is 5.11 Å². The first-order chi connectivity index (χ1) is 6.72. The highest BCUT2D eigenvalue weighted by molar-refractivity contribution is 7.09. The van der Waals surface area contributed by atoms with Crippen LogP contribution in [0.2, 0.25) is 0 Å². The zero-order chi connectivity index (χ0) is 10.0. The van der Waals surface area contributed by atoms with Crippen LogP contribution in [-0.2, 0) is 6.54 Å². The van der Waals surface area contributed by atoms with Gasteiger partial charge in [-0.15, -0.1) is 11.3 Å². The van der Waals surface area contributed by atoms with Gasteiger partial charge in [-0.05, 0) is 6.42 Å². The maximum absolute atomic E-state index is 9.95. The lowest BCUT2D eigenvalue weighted by Crippen LogP contribution is -2.60. The van der Waals surface area contributed by atoms with Crippen LogP contribution in [0.15, 0.2) is 11.6 Å². The smallest absolute Gasteiger partial charge is 0.107 e. The SMILES string of the molecule is CCCC1(O)CN(Cc2nccs2)C1. The fourth-order valence-corrected chi connectivity index (χ4v) is 2.70. The summed E-state index contributed by atoms with van der Waals surface area (Å²) in [7, 11) is 0. The second-order valence-electron chi connectivity index (χ2n) is 4.05. The first-order valence-electron chi connectivity index (χ1n) is 5.05. The predicted molar refractivity (Wildman–Crippen MR) is 57.2 cm³/mol. The van der Waals surface area contributed by atoms with Crippen molar-refractivity contribution in [2.45, 2.75) is 31.9 Å². The number of hydrogen-bond acceptors (Lipinski definition) is 4. The molecule has 3 nitrogen and oxygen atoms in total. The van der Waals surface area contributed by atoms with Gasteiger partial charge in [-0.1, -0.05) is 13.3 Å². The molecule has 2 heterocycles. The fourth-order valence-electron chi connectivity index (χ4n) is 2.04. The number of β-amino-alcohol motifs (C(OH)–C–C–N with tert-alkyl or cyclic N) is 1. The van der Waals surface area contributed by atoms with E-state index in [4.69, 9.17) is 0 Å². The molecule has 78 valence electrons. The minimum absolute atomic E-state index is 0.411. The summed E-state index contributed by atoms with van der Waals surface area (Å²) in [5.41, 5.74) is -0.411. The van der Waals surface area contributed by atoms with Crippen LogP contribution in [0.1, 0.15) is 24.8 Å². The zero-order valence-corrected chi connectivity index (χ0v) is 9.26. The van der Waals surface area contributed by atoms with Gasteiger partial charge in [-0.25, -0.2) is 4.98 Å². The minimum Gasteiger partial charge on any atom is -0.387 e. The van der Waals surface area contributed by atoms with Crippen molar-refractivity contribution in [3.63, 3.8) is 0 Å². The van der Waals surface area contributed by atoms with E-state index >= 15 is 0 Å². The van der Waals surface area contributed by atoms with Gasteiger partial charge in [-0.3, -0.25) is 4.90 Å². The Bertz CT molecular complexity index is 280. The van der Waals surface area contributed by atoms with Crippen molar-refractivity contribution < 1.29 is 5.11 Å². The van der Waals surface area contributed by atoms with Crippen molar-refractivity contribution in [1.82, 2.24) is 9.88 Å². The highest BCUT2D eigenvalue weighted by Crippen LogP contribution is 2.27. The molecule has 0 bridgehead atoms. The summed E-state index contributed by atoms with van der Waals surface area (Å²) >= 11 is 1.68. The van der Waals surface area contributed by atoms with Gasteiger partial charge in [0.1, 0.15) is 5.01 Å². The van der Waals surface area contributed by atoms with E-state index in [0.29, 0.717) is 0 Å². The van der Waals surface area contributed by atoms with Gasteiger partial charge in [0.05, 0.1) is 12.1 Å². The maximum Gasteiger partial charge on any atom is 0.107 e. The summed E-state index contributed by atoms with van der Waals surface area (Å²) in [4.78, 5) is 6.47. The molecule has 0 saturated carbocycles. The van der Waals surface area contributed by atoms with Crippen molar-refractivity contribution in [3.8, 4) is 0 Å². The van der Waals surface area contributed by atoms with Crippen LogP contribution in [0.25, 0.3) is 0 Å². The van der Waals surface area contributed by atoms with E-state index in [1.807, 2.05) is 11.6 Å². The Hall–Kier alpha value is -0.450. The summed E-state index contributed by atoms with van der Waals surface area (Å²) in [6, 6.07) is 0. The van der Waals surface area contributed by atoms with Gasteiger partial charge in [0, 0.05) is 24.7 Å². The Balaban J connectivity index is 1.78. The Kier molecular flexibility index (Phi) is 2.85. The molecule has 0 amide bonds. The normalized spacial score (nSPS) is 20.7. The van der Waals surface area contributed by atoms with E-state index in [0.717, 1.165) is 37.5 Å². The molecule has 0 aromatic carbocycles. The Labute approximate surface area is 88.4 Å². The summed E-state index contributed by atoms with van der Waals surface area (Å²) in [5, 5.41) is 13.1. The maximum atomic E-state index is 9.95. The molecule has 1 fully saturated rings. The van der Waals surface area contributed by atoms with Crippen LogP contribution in [-0.4, -0.2) is 33.7 Å². The van der Waals surface area contributed by atoms with Crippen LogP contribution in [0.3, 0.4) is 0 Å². The monoisotopic (exact) mass is 212 g/mol. The summed E-state index contributed by atoms with van der Waals surface area (Å²) < 4.78 is 0. The molecule has 1 aromatic rings. The number of aromatic nitrogens is 1. The van der Waals surface area contributed by atoms with E-state index in [-0.39, 0.29) is 0 Å². The Morgan fingerprint density at radius 1 is 1.64 bits per heavy atom. The van der Waals surface area contributed by atoms with Crippen molar-refractivity contribution in [2.24, 2.45) is 0 Å². The molecular weight excluding hydrogens is 196 g/mol. The lowest BCUT2D eigenvalue weighted by molar-refractivity contribution is -0.106. The quantitative estimate of drug-likeness (QED) is 0.821. The second kappa shape index (κ2) is 3.96. The molecule has 2 rings (SSSR count). The van der Waals surface area contributed by atoms with Crippen molar-refractivity contribution >= 4 is 11.3 Å². The van der Waals surface area contributed by atoms with E-state index in [1.165, 1.54) is 0 Å². The van der Waals surface area contributed by atoms with Crippen molar-refractivity contribution in [1.29, 1.82) is 0 Å². The van der Waals surface area contributed by atoms with Crippen LogP contribution in [0.5, 0.6) is 0 Å². The van der Waals surface area contributed by atoms with Crippen molar-refractivity contribution in [2.75, 3.05) is 13.1 Å². The second-order valence-corrected chi connectivity index (χ2v) is 5.02. The van der Waals surface area contributed by atoms with Crippen LogP contribution >= 0.6 is 11.3 Å². The lowest BCUT2D eigenvalue weighted by atomic mass is 9.89. The molecule has 1 N–H and O–H groups in total. The third-order valence-corrected chi connectivity index (χ3v) is 3.36. The average molecular weight is 212 g/mol. The predicted octanol–water partition coefficient (Wildman–Crippen LogP) is 1.49. The Morgan fingerprint density at radius 2 is 2.43 bits per heavy atom. The molecule has 1 aromatic heterocycles. The highest BCUT2D eigenvalue weighted by atomic mass is 32.1. The van der Waals surface area contributed by atoms with Gasteiger partial charge >= 0.3 is 0 Å². The summed E-state index contributed by atoms with van der Waals surface area (Å²) in [6.07, 6.45) is 3.81. The largest absolute Gasteiger partial charge is 0.387 e. The molecule has 14 heavy (non-hydrogen) atoms. The van der Waals surface area contributed by atoms with E-state index in [9.17, 15) is 5.11 Å². The van der Waals surface area contributed by atoms with Crippen LogP contribution in [0, 0.1) is 0 Å². The van der Waals surface area contributed by atoms with Crippen LogP contribution < -0.4 is 0 Å². The number of thiazole rings is 1. The number of likely N-dealkylation sites (tertiary alicyclic amines) is 1. The molecule has 0 atom stereocenters. The number of nitrogens with zero attached hydrogens (tertiary/aromatic N) is 2. The third kappa shape index (κ3) is 2.13. The molecule has 4 heteroatoms. The van der Waals surface area contributed by atoms with E-state index in [2.05, 4.69) is 16.8 Å². The number of rotatable bonds is 4. The first-order valence-corrected chi connectivity index (χ1v) is 5.93. The topological polar surface area (TPSA) is 36.4 Å². The standard InChI is InChI=1S/C10H16N2OS/c1-2-3-10(13)7-12(8-10)6-9-11-4-5-14-9/h4-5,13H,2-3,6-8H2,1H3. The fraction of sp³-hybridized carbons (Fsp3) is 0.700. The molecule has 1 saturated heterocycles. The molecule has 0 unspecified atom stereocenters. The lowest BCUT2D eigenvalue weighted by Gasteiger charge is -2.46. The molecular formula is C10H16N2OS. The minimum atomic E-state index is -0.411. The molecule has 0 spiro atoms. The molecule has 0 aliphatic carbocycles. The summed E-state index contributed by atoms with van der Waals surface area (Å²) in [6.45, 7) is 4.62. The first kappa shape index (κ1) is 10.1. The Morgan fingerprint density at radius 3 is 3.00 bits per heavy atom. The molecule has 1 aliphatic heterocycles. The molecule has 0 radical (unpaired) electrons. The number of hydrogen-bond donors (Lipinski definition) is 1. The van der Waals surface area contributed by atoms with Gasteiger partial charge in [-0.2, -0.15) is 0 Å². The van der Waals surface area contributed by atoms with Gasteiger partial charge in [0.2, 0.25) is 0 Å². The van der Waals surface area contributed by atoms with E-state index < -0.39 is 5.60 Å². The third-order valence-electron chi connectivity index (χ3n) is 2.59. The highest BCUT2D eigenvalue weighted by Gasteiger charge is 2.39. The number of aliphatic hydroxyl groups is 1. The van der Waals surface area contributed by atoms with Crippen LogP contribution in [0.4, 0.5) is 0 Å². The van der Waals surface area contributed by atoms with Gasteiger partial charge in [0.15, 0.2) is 0 Å². The van der Waals surface area contributed by atoms with E-state index in [1.54, 1.807) is 11.3 Å². The zero-order valence-electron chi connectivity index (χ0n) is 8.44. The molecule has 1 aliphatic rings.